The molecule has 8 N–H and O–H groups in total. The van der Waals surface area contributed by atoms with Crippen LogP contribution in [-0.2, 0) is 19.2 Å². The second-order valence-corrected chi connectivity index (χ2v) is 6.25. The molecule has 0 aromatic carbocycles. The van der Waals surface area contributed by atoms with Crippen molar-refractivity contribution in [3.05, 3.63) is 0 Å². The summed E-state index contributed by atoms with van der Waals surface area (Å²) in [7, 11) is 0. The molecule has 27 heavy (non-hydrogen) atoms. The largest absolute Gasteiger partial charge is 0.480 e. The van der Waals surface area contributed by atoms with E-state index in [-0.39, 0.29) is 25.3 Å². The third kappa shape index (κ3) is 9.99. The molecule has 12 heteroatoms. The minimum absolute atomic E-state index is 0.0480. The van der Waals surface area contributed by atoms with Gasteiger partial charge in [-0.3, -0.25) is 29.8 Å². The molecule has 0 aliphatic rings. The molecule has 0 spiro atoms. The van der Waals surface area contributed by atoms with Gasteiger partial charge in [-0.15, -0.1) is 0 Å². The number of carboxylic acids is 1. The van der Waals surface area contributed by atoms with Gasteiger partial charge in [0.1, 0.15) is 18.6 Å². The average Bonchev–Trinajstić information content (AvgIpc) is 2.55. The van der Waals surface area contributed by atoms with Crippen LogP contribution in [0.3, 0.4) is 0 Å². The number of nitrogens with one attached hydrogen (secondary N) is 4. The Hall–Kier alpha value is -2.89. The number of carboxylic acid groups (broad SMARTS) is 1. The second-order valence-electron chi connectivity index (χ2n) is 6.25. The molecule has 0 fully saturated rings. The number of hydroxylamine groups is 2. The highest BCUT2D eigenvalue weighted by atomic mass is 16.5. The van der Waals surface area contributed by atoms with Crippen LogP contribution in [0.15, 0.2) is 0 Å². The summed E-state index contributed by atoms with van der Waals surface area (Å²) < 4.78 is 0. The summed E-state index contributed by atoms with van der Waals surface area (Å²) in [5, 5.41) is 32.7. The Morgan fingerprint density at radius 1 is 1.15 bits per heavy atom. The molecular formula is C15H28N6O6. The molecule has 0 saturated carbocycles. The molecule has 0 aliphatic carbocycles. The number of hydrogen-bond donors (Lipinski definition) is 7. The van der Waals surface area contributed by atoms with Crippen LogP contribution in [0, 0.1) is 11.3 Å². The van der Waals surface area contributed by atoms with Crippen LogP contribution < -0.4 is 21.7 Å². The van der Waals surface area contributed by atoms with Gasteiger partial charge in [0.15, 0.2) is 0 Å². The van der Waals surface area contributed by atoms with Gasteiger partial charge in [0.05, 0.1) is 0 Å². The summed E-state index contributed by atoms with van der Waals surface area (Å²) in [6, 6.07) is -1.96. The third-order valence-corrected chi connectivity index (χ3v) is 3.50. The first kappa shape index (κ1) is 24.1. The van der Waals surface area contributed by atoms with E-state index in [0.717, 1.165) is 0 Å². The molecule has 0 heterocycles. The lowest BCUT2D eigenvalue weighted by molar-refractivity contribution is -0.138. The summed E-state index contributed by atoms with van der Waals surface area (Å²) in [5.41, 5.74) is 5.10. The maximum Gasteiger partial charge on any atom is 0.322 e. The lowest BCUT2D eigenvalue weighted by Gasteiger charge is -2.25. The standard InChI is InChI=1S/C15H28N6O6/c1-8(2)12(19-9(3)22)14(26)20-10(13(25)18-7-11(23)24)5-4-6-21(27)15(16)17/h8,10,12,27H,4-7H2,1-3H3,(H3,16,17)(H,18,25)(H,19,22)(H,20,26)(H,23,24). The van der Waals surface area contributed by atoms with Crippen molar-refractivity contribution in [3.8, 4) is 0 Å². The van der Waals surface area contributed by atoms with E-state index < -0.39 is 48.3 Å². The van der Waals surface area contributed by atoms with E-state index in [2.05, 4.69) is 16.0 Å². The number of guanidine groups is 1. The summed E-state index contributed by atoms with van der Waals surface area (Å²) in [5.74, 6) is -3.79. The summed E-state index contributed by atoms with van der Waals surface area (Å²) in [4.78, 5) is 46.5. The van der Waals surface area contributed by atoms with Crippen LogP contribution in [0.4, 0.5) is 0 Å². The fourth-order valence-electron chi connectivity index (χ4n) is 2.14. The predicted octanol–water partition coefficient (Wildman–Crippen LogP) is -1.80. The van der Waals surface area contributed by atoms with Crippen molar-refractivity contribution >= 4 is 29.7 Å². The number of amides is 3. The number of rotatable bonds is 11. The van der Waals surface area contributed by atoms with Crippen molar-refractivity contribution in [2.24, 2.45) is 11.7 Å². The molecule has 0 aromatic rings. The first-order chi connectivity index (χ1) is 12.5. The topological polar surface area (TPSA) is 198 Å². The van der Waals surface area contributed by atoms with Crippen molar-refractivity contribution in [3.63, 3.8) is 0 Å². The maximum absolute atomic E-state index is 12.4. The molecule has 0 rings (SSSR count). The van der Waals surface area contributed by atoms with Crippen LogP contribution in [0.25, 0.3) is 0 Å². The normalized spacial score (nSPS) is 12.6. The van der Waals surface area contributed by atoms with Gasteiger partial charge >= 0.3 is 5.97 Å². The number of hydrogen-bond acceptors (Lipinski definition) is 6. The van der Waals surface area contributed by atoms with Gasteiger partial charge in [-0.25, -0.2) is 5.06 Å². The van der Waals surface area contributed by atoms with Crippen LogP contribution >= 0.6 is 0 Å². The predicted molar refractivity (Wildman–Crippen MR) is 94.7 cm³/mol. The third-order valence-electron chi connectivity index (χ3n) is 3.50. The molecule has 12 nitrogen and oxygen atoms in total. The molecule has 154 valence electrons. The summed E-state index contributed by atoms with van der Waals surface area (Å²) in [6.07, 6.45) is 0.223. The lowest BCUT2D eigenvalue weighted by atomic mass is 10.0. The Balaban J connectivity index is 5.06. The molecule has 0 aromatic heterocycles. The lowest BCUT2D eigenvalue weighted by Crippen LogP contribution is -2.55. The van der Waals surface area contributed by atoms with Crippen LogP contribution in [0.1, 0.15) is 33.6 Å². The van der Waals surface area contributed by atoms with Gasteiger partial charge in [-0.05, 0) is 18.8 Å². The first-order valence-electron chi connectivity index (χ1n) is 8.33. The highest BCUT2D eigenvalue weighted by Gasteiger charge is 2.28. The quantitative estimate of drug-likeness (QED) is 0.122. The van der Waals surface area contributed by atoms with Gasteiger partial charge in [0, 0.05) is 13.5 Å². The van der Waals surface area contributed by atoms with Crippen molar-refractivity contribution < 1.29 is 29.5 Å². The number of nitrogens with two attached hydrogens (primary N) is 1. The van der Waals surface area contributed by atoms with E-state index >= 15 is 0 Å². The van der Waals surface area contributed by atoms with Crippen molar-refractivity contribution in [1.82, 2.24) is 21.0 Å². The van der Waals surface area contributed by atoms with E-state index in [1.807, 2.05) is 0 Å². The Morgan fingerprint density at radius 2 is 1.74 bits per heavy atom. The van der Waals surface area contributed by atoms with E-state index in [0.29, 0.717) is 5.06 Å². The monoisotopic (exact) mass is 388 g/mol. The Kier molecular flexibility index (Phi) is 10.4. The zero-order chi connectivity index (χ0) is 21.1. The minimum Gasteiger partial charge on any atom is -0.480 e. The van der Waals surface area contributed by atoms with Crippen LogP contribution in [-0.4, -0.2) is 70.2 Å². The van der Waals surface area contributed by atoms with Gasteiger partial charge in [-0.1, -0.05) is 13.8 Å². The SMILES string of the molecule is CC(=O)NC(C(=O)NC(CCCN(O)C(=N)N)C(=O)NCC(=O)O)C(C)C. The van der Waals surface area contributed by atoms with Crippen LogP contribution in [0.2, 0.25) is 0 Å². The Morgan fingerprint density at radius 3 is 2.19 bits per heavy atom. The summed E-state index contributed by atoms with van der Waals surface area (Å²) in [6.45, 7) is 4.01. The Labute approximate surface area is 156 Å². The number of aliphatic carboxylic acids is 1. The molecular weight excluding hydrogens is 360 g/mol. The highest BCUT2D eigenvalue weighted by molar-refractivity contribution is 5.92. The van der Waals surface area contributed by atoms with Gasteiger partial charge in [0.25, 0.3) is 0 Å². The van der Waals surface area contributed by atoms with E-state index in [9.17, 15) is 24.4 Å². The van der Waals surface area contributed by atoms with Crippen molar-refractivity contribution in [2.75, 3.05) is 13.1 Å². The van der Waals surface area contributed by atoms with Crippen LogP contribution in [0.5, 0.6) is 0 Å². The fourth-order valence-corrected chi connectivity index (χ4v) is 2.14. The molecule has 2 atom stereocenters. The molecule has 0 bridgehead atoms. The fraction of sp³-hybridized carbons (Fsp3) is 0.667. The van der Waals surface area contributed by atoms with Gasteiger partial charge < -0.3 is 26.8 Å². The van der Waals surface area contributed by atoms with Crippen molar-refractivity contribution in [1.29, 1.82) is 5.41 Å². The smallest absolute Gasteiger partial charge is 0.322 e. The minimum atomic E-state index is -1.25. The average molecular weight is 388 g/mol. The van der Waals surface area contributed by atoms with Gasteiger partial charge in [-0.2, -0.15) is 0 Å². The number of carbonyl (C=O) groups excluding carboxylic acids is 3. The molecule has 2 unspecified atom stereocenters. The number of carbonyl (C=O) groups is 4. The highest BCUT2D eigenvalue weighted by Crippen LogP contribution is 2.05. The number of nitrogens with zero attached hydrogens (tertiary/aromatic N) is 1. The maximum atomic E-state index is 12.4. The summed E-state index contributed by atoms with van der Waals surface area (Å²) >= 11 is 0. The molecule has 0 aliphatic heterocycles. The van der Waals surface area contributed by atoms with E-state index in [4.69, 9.17) is 16.2 Å². The zero-order valence-electron chi connectivity index (χ0n) is 15.6. The van der Waals surface area contributed by atoms with Crippen molar-refractivity contribution in [2.45, 2.75) is 45.7 Å². The zero-order valence-corrected chi connectivity index (χ0v) is 15.6. The molecule has 3 amide bonds. The van der Waals surface area contributed by atoms with E-state index in [1.165, 1.54) is 6.92 Å². The van der Waals surface area contributed by atoms with E-state index in [1.54, 1.807) is 13.8 Å². The van der Waals surface area contributed by atoms with Gasteiger partial charge in [0.2, 0.25) is 23.7 Å². The molecule has 0 radical (unpaired) electrons. The Bertz CT molecular complexity index is 567. The molecule has 0 saturated heterocycles. The second kappa shape index (κ2) is 11.7. The first-order valence-corrected chi connectivity index (χ1v) is 8.33.